The number of carbonyl (C=O) groups is 1. The molecule has 0 fully saturated rings. The Morgan fingerprint density at radius 2 is 1.57 bits per heavy atom. The van der Waals surface area contributed by atoms with Crippen molar-refractivity contribution in [2.45, 2.75) is 59.3 Å². The number of ether oxygens (including phenoxy) is 1. The molecular weight excluding hydrogens is 410 g/mol. The van der Waals surface area contributed by atoms with Crippen molar-refractivity contribution >= 4 is 39.8 Å². The summed E-state index contributed by atoms with van der Waals surface area (Å²) in [4.78, 5) is 21.5. The summed E-state index contributed by atoms with van der Waals surface area (Å²) < 4.78 is 5.38. The number of aryl methyl sites for hydroxylation is 4. The van der Waals surface area contributed by atoms with Gasteiger partial charge in [-0.1, -0.05) is 0 Å². The van der Waals surface area contributed by atoms with Gasteiger partial charge in [-0.3, -0.25) is 0 Å². The Balaban J connectivity index is 1.78. The number of H-pyrrole nitrogens is 1. The van der Waals surface area contributed by atoms with Crippen molar-refractivity contribution in [2.24, 2.45) is 0 Å². The number of nitrogens with one attached hydrogen (secondary N) is 1. The van der Waals surface area contributed by atoms with E-state index in [2.05, 4.69) is 51.0 Å². The molecule has 0 aromatic carbocycles. The van der Waals surface area contributed by atoms with Crippen molar-refractivity contribution in [3.63, 3.8) is 0 Å². The van der Waals surface area contributed by atoms with Gasteiger partial charge in [0, 0.05) is 37.5 Å². The fourth-order valence-electron chi connectivity index (χ4n) is 5.54. The van der Waals surface area contributed by atoms with E-state index in [9.17, 15) is 4.79 Å². The van der Waals surface area contributed by atoms with E-state index in [0.29, 0.717) is 18.2 Å². The van der Waals surface area contributed by atoms with E-state index < -0.39 is 0 Å². The standard InChI is InChI=1S/C25H27NO2S2/c1-6-28-25(27)24-23-17-8-7-16(20(23)11-26-24)21(18-9-12(2)29-14(18)4)22(17)19-10-13(3)30-15(19)5/h9-11,16-17,26H,6-8H2,1-5H3/t16-,17-/m0/s1. The molecule has 3 aliphatic rings. The molecule has 0 aliphatic heterocycles. The predicted molar refractivity (Wildman–Crippen MR) is 126 cm³/mol. The molecule has 3 aromatic heterocycles. The van der Waals surface area contributed by atoms with Crippen molar-refractivity contribution in [1.82, 2.24) is 4.98 Å². The molecule has 6 rings (SSSR count). The Kier molecular flexibility index (Phi) is 4.79. The van der Waals surface area contributed by atoms with Gasteiger partial charge in [0.15, 0.2) is 0 Å². The number of thiophene rings is 2. The highest BCUT2D eigenvalue weighted by Crippen LogP contribution is 2.61. The number of allylic oxidation sites excluding steroid dienone is 2. The molecule has 1 N–H and O–H groups in total. The van der Waals surface area contributed by atoms with Crippen LogP contribution in [0, 0.1) is 27.7 Å². The first-order valence-corrected chi connectivity index (χ1v) is 12.3. The summed E-state index contributed by atoms with van der Waals surface area (Å²) in [6, 6.07) is 4.71. The second kappa shape index (κ2) is 7.24. The summed E-state index contributed by atoms with van der Waals surface area (Å²) in [5.41, 5.74) is 8.81. The van der Waals surface area contributed by atoms with E-state index in [0.717, 1.165) is 12.8 Å². The van der Waals surface area contributed by atoms with E-state index in [4.69, 9.17) is 4.74 Å². The molecule has 2 atom stereocenters. The molecule has 0 spiro atoms. The molecule has 3 heterocycles. The number of rotatable bonds is 4. The van der Waals surface area contributed by atoms with Crippen molar-refractivity contribution in [3.8, 4) is 0 Å². The summed E-state index contributed by atoms with van der Waals surface area (Å²) in [6.07, 6.45) is 4.28. The second-order valence-electron chi connectivity index (χ2n) is 8.42. The molecule has 0 amide bonds. The van der Waals surface area contributed by atoms with Crippen LogP contribution in [0.3, 0.4) is 0 Å². The SMILES string of the molecule is CCOC(=O)c1[nH]cc2c1[C@H]1CC[C@@H]2C(c2cc(C)sc2C)=C1c1cc(C)sc1C. The molecular formula is C25H27NO2S2. The number of esters is 1. The first kappa shape index (κ1) is 19.8. The summed E-state index contributed by atoms with van der Waals surface area (Å²) in [7, 11) is 0. The molecule has 0 saturated heterocycles. The zero-order valence-electron chi connectivity index (χ0n) is 18.1. The Labute approximate surface area is 185 Å². The summed E-state index contributed by atoms with van der Waals surface area (Å²) in [6.45, 7) is 11.1. The molecule has 0 unspecified atom stereocenters. The first-order valence-electron chi connectivity index (χ1n) is 10.7. The molecule has 3 aromatic rings. The van der Waals surface area contributed by atoms with Crippen molar-refractivity contribution in [3.05, 3.63) is 65.8 Å². The van der Waals surface area contributed by atoms with Crippen LogP contribution >= 0.6 is 22.7 Å². The molecule has 156 valence electrons. The highest BCUT2D eigenvalue weighted by atomic mass is 32.1. The lowest BCUT2D eigenvalue weighted by molar-refractivity contribution is 0.0518. The molecule has 3 nitrogen and oxygen atoms in total. The van der Waals surface area contributed by atoms with Gasteiger partial charge in [-0.25, -0.2) is 4.79 Å². The van der Waals surface area contributed by atoms with Crippen LogP contribution < -0.4 is 0 Å². The van der Waals surface area contributed by atoms with Gasteiger partial charge in [-0.05, 0) is 93.0 Å². The smallest absolute Gasteiger partial charge is 0.355 e. The fourth-order valence-corrected chi connectivity index (χ4v) is 7.42. The van der Waals surface area contributed by atoms with Crippen LogP contribution in [0.1, 0.15) is 83.9 Å². The topological polar surface area (TPSA) is 42.1 Å². The third-order valence-electron chi connectivity index (χ3n) is 6.55. The Morgan fingerprint density at radius 1 is 1.00 bits per heavy atom. The van der Waals surface area contributed by atoms with Gasteiger partial charge in [0.1, 0.15) is 5.69 Å². The summed E-state index contributed by atoms with van der Waals surface area (Å²) >= 11 is 3.75. The van der Waals surface area contributed by atoms with Crippen LogP contribution in [0.4, 0.5) is 0 Å². The summed E-state index contributed by atoms with van der Waals surface area (Å²) in [5, 5.41) is 0. The van der Waals surface area contributed by atoms with Gasteiger partial charge < -0.3 is 9.72 Å². The Bertz CT molecular complexity index is 1190. The van der Waals surface area contributed by atoms with Gasteiger partial charge in [-0.15, -0.1) is 22.7 Å². The van der Waals surface area contributed by atoms with Crippen LogP contribution in [0.2, 0.25) is 0 Å². The molecule has 2 bridgehead atoms. The van der Waals surface area contributed by atoms with Crippen LogP contribution in [0.15, 0.2) is 18.3 Å². The summed E-state index contributed by atoms with van der Waals surface area (Å²) in [5.74, 6) is 0.331. The van der Waals surface area contributed by atoms with Crippen molar-refractivity contribution in [1.29, 1.82) is 0 Å². The number of hydrogen-bond acceptors (Lipinski definition) is 4. The molecule has 5 heteroatoms. The van der Waals surface area contributed by atoms with Crippen LogP contribution in [0.5, 0.6) is 0 Å². The van der Waals surface area contributed by atoms with Crippen LogP contribution in [-0.4, -0.2) is 17.6 Å². The Hall–Kier alpha value is -2.11. The molecule has 3 aliphatic carbocycles. The zero-order chi connectivity index (χ0) is 21.2. The highest BCUT2D eigenvalue weighted by Gasteiger charge is 2.44. The van der Waals surface area contributed by atoms with Crippen LogP contribution in [-0.2, 0) is 4.74 Å². The number of carbonyl (C=O) groups excluding carboxylic acids is 1. The van der Waals surface area contributed by atoms with Crippen molar-refractivity contribution in [2.75, 3.05) is 6.61 Å². The minimum Gasteiger partial charge on any atom is -0.461 e. The largest absolute Gasteiger partial charge is 0.461 e. The lowest BCUT2D eigenvalue weighted by atomic mass is 9.61. The van der Waals surface area contributed by atoms with Gasteiger partial charge in [0.2, 0.25) is 0 Å². The fraction of sp³-hybridized carbons (Fsp3) is 0.400. The quantitative estimate of drug-likeness (QED) is 0.441. The van der Waals surface area contributed by atoms with Crippen molar-refractivity contribution < 1.29 is 9.53 Å². The number of fused-ring (bicyclic) bond motifs is 1. The van der Waals surface area contributed by atoms with Gasteiger partial charge in [-0.2, -0.15) is 0 Å². The van der Waals surface area contributed by atoms with E-state index in [1.54, 1.807) is 0 Å². The average Bonchev–Trinajstić information content (AvgIpc) is 3.38. The van der Waals surface area contributed by atoms with E-state index >= 15 is 0 Å². The number of aromatic amines is 1. The number of aromatic nitrogens is 1. The zero-order valence-corrected chi connectivity index (χ0v) is 19.8. The van der Waals surface area contributed by atoms with Gasteiger partial charge >= 0.3 is 5.97 Å². The minimum atomic E-state index is -0.229. The monoisotopic (exact) mass is 437 g/mol. The molecule has 0 radical (unpaired) electrons. The van der Waals surface area contributed by atoms with E-state index in [1.165, 1.54) is 52.9 Å². The van der Waals surface area contributed by atoms with Gasteiger partial charge in [0.25, 0.3) is 0 Å². The second-order valence-corrected chi connectivity index (χ2v) is 11.3. The van der Waals surface area contributed by atoms with Crippen LogP contribution in [0.25, 0.3) is 11.1 Å². The predicted octanol–water partition coefficient (Wildman–Crippen LogP) is 7.13. The highest BCUT2D eigenvalue weighted by molar-refractivity contribution is 7.12. The minimum absolute atomic E-state index is 0.229. The maximum atomic E-state index is 12.7. The van der Waals surface area contributed by atoms with E-state index in [1.807, 2.05) is 29.6 Å². The molecule has 0 saturated carbocycles. The van der Waals surface area contributed by atoms with E-state index in [-0.39, 0.29) is 11.9 Å². The molecule has 30 heavy (non-hydrogen) atoms. The number of hydrogen-bond donors (Lipinski definition) is 1. The third kappa shape index (κ3) is 2.86. The lowest BCUT2D eigenvalue weighted by Crippen LogP contribution is -2.25. The third-order valence-corrected chi connectivity index (χ3v) is 8.48. The maximum absolute atomic E-state index is 12.7. The lowest BCUT2D eigenvalue weighted by Gasteiger charge is -2.41. The Morgan fingerprint density at radius 3 is 2.10 bits per heavy atom. The first-order chi connectivity index (χ1) is 14.4. The maximum Gasteiger partial charge on any atom is 0.355 e. The van der Waals surface area contributed by atoms with Gasteiger partial charge in [0.05, 0.1) is 6.61 Å². The average molecular weight is 438 g/mol. The normalized spacial score (nSPS) is 20.0.